The monoisotopic (exact) mass is 250 g/mol. The van der Waals surface area contributed by atoms with Crippen LogP contribution in [-0.2, 0) is 0 Å². The van der Waals surface area contributed by atoms with Crippen LogP contribution in [0.15, 0.2) is 18.2 Å². The lowest BCUT2D eigenvalue weighted by molar-refractivity contribution is 0.0698. The van der Waals surface area contributed by atoms with E-state index in [4.69, 9.17) is 5.73 Å². The van der Waals surface area contributed by atoms with E-state index in [0.717, 1.165) is 19.3 Å². The van der Waals surface area contributed by atoms with Crippen LogP contribution in [0.3, 0.4) is 0 Å². The number of anilines is 2. The molecule has 0 aliphatic rings. The van der Waals surface area contributed by atoms with Gasteiger partial charge in [-0.25, -0.2) is 4.79 Å². The summed E-state index contributed by atoms with van der Waals surface area (Å²) in [6, 6.07) is 4.96. The van der Waals surface area contributed by atoms with Crippen molar-refractivity contribution < 1.29 is 9.90 Å². The van der Waals surface area contributed by atoms with Crippen molar-refractivity contribution in [3.63, 3.8) is 0 Å². The highest BCUT2D eigenvalue weighted by Crippen LogP contribution is 2.28. The molecule has 1 aromatic rings. The number of carboxylic acids is 1. The topological polar surface area (TPSA) is 75.3 Å². The number of benzene rings is 1. The lowest BCUT2D eigenvalue weighted by atomic mass is 9.89. The second-order valence-electron chi connectivity index (χ2n) is 4.58. The van der Waals surface area contributed by atoms with Gasteiger partial charge in [-0.1, -0.05) is 20.8 Å². The normalized spacial score (nSPS) is 11.3. The summed E-state index contributed by atoms with van der Waals surface area (Å²) in [5, 5.41) is 12.6. The summed E-state index contributed by atoms with van der Waals surface area (Å²) in [5.74, 6) is -0.956. The van der Waals surface area contributed by atoms with E-state index < -0.39 is 5.97 Å². The third-order valence-corrected chi connectivity index (χ3v) is 3.70. The summed E-state index contributed by atoms with van der Waals surface area (Å²) < 4.78 is 0. The summed E-state index contributed by atoms with van der Waals surface area (Å²) in [6.45, 7) is 6.33. The molecular weight excluding hydrogens is 228 g/mol. The molecule has 0 atom stereocenters. The Morgan fingerprint density at radius 2 is 1.83 bits per heavy atom. The number of nitrogens with two attached hydrogens (primary N) is 1. The Bertz CT molecular complexity index is 418. The number of hydrogen-bond donors (Lipinski definition) is 3. The first kappa shape index (κ1) is 14.4. The first-order valence-corrected chi connectivity index (χ1v) is 6.39. The van der Waals surface area contributed by atoms with Gasteiger partial charge in [0.25, 0.3) is 0 Å². The Kier molecular flexibility index (Phi) is 4.59. The van der Waals surface area contributed by atoms with Gasteiger partial charge in [-0.05, 0) is 37.5 Å². The van der Waals surface area contributed by atoms with Gasteiger partial charge in [0.1, 0.15) is 0 Å². The summed E-state index contributed by atoms with van der Waals surface area (Å²) >= 11 is 0. The van der Waals surface area contributed by atoms with Crippen LogP contribution in [-0.4, -0.2) is 16.6 Å². The van der Waals surface area contributed by atoms with Gasteiger partial charge in [0.2, 0.25) is 0 Å². The third kappa shape index (κ3) is 2.94. The molecule has 0 fully saturated rings. The molecule has 0 aromatic heterocycles. The van der Waals surface area contributed by atoms with Crippen molar-refractivity contribution in [2.45, 2.75) is 45.6 Å². The van der Waals surface area contributed by atoms with Crippen molar-refractivity contribution in [1.82, 2.24) is 0 Å². The van der Waals surface area contributed by atoms with Crippen LogP contribution in [0, 0.1) is 0 Å². The number of nitrogen functional groups attached to an aromatic ring is 1. The van der Waals surface area contributed by atoms with Crippen LogP contribution in [0.1, 0.15) is 50.4 Å². The molecule has 0 aliphatic heterocycles. The molecule has 0 saturated heterocycles. The quantitative estimate of drug-likeness (QED) is 0.677. The van der Waals surface area contributed by atoms with Crippen LogP contribution in [0.4, 0.5) is 11.4 Å². The molecule has 0 radical (unpaired) electrons. The minimum absolute atomic E-state index is 0.0552. The average molecular weight is 250 g/mol. The van der Waals surface area contributed by atoms with Crippen LogP contribution < -0.4 is 11.1 Å². The molecule has 0 spiro atoms. The fraction of sp³-hybridized carbons (Fsp3) is 0.500. The molecule has 18 heavy (non-hydrogen) atoms. The van der Waals surface area contributed by atoms with E-state index in [2.05, 4.69) is 26.1 Å². The lowest BCUT2D eigenvalue weighted by Crippen LogP contribution is -2.36. The first-order valence-electron chi connectivity index (χ1n) is 6.39. The standard InChI is InChI=1S/C14H22N2O2/c1-4-14(5-2,6-3)16-12-8-7-10(15)9-11(12)13(17)18/h7-9,16H,4-6,15H2,1-3H3,(H,17,18). The van der Waals surface area contributed by atoms with E-state index in [1.807, 2.05) is 0 Å². The van der Waals surface area contributed by atoms with E-state index in [0.29, 0.717) is 11.4 Å². The Morgan fingerprint density at radius 1 is 1.28 bits per heavy atom. The van der Waals surface area contributed by atoms with E-state index >= 15 is 0 Å². The van der Waals surface area contributed by atoms with Gasteiger partial charge in [-0.2, -0.15) is 0 Å². The van der Waals surface area contributed by atoms with Crippen LogP contribution in [0.25, 0.3) is 0 Å². The van der Waals surface area contributed by atoms with E-state index in [9.17, 15) is 9.90 Å². The van der Waals surface area contributed by atoms with Gasteiger partial charge in [0.05, 0.1) is 5.56 Å². The second-order valence-corrected chi connectivity index (χ2v) is 4.58. The number of carbonyl (C=O) groups is 1. The SMILES string of the molecule is CCC(CC)(CC)Nc1ccc(N)cc1C(=O)O. The average Bonchev–Trinajstić information content (AvgIpc) is 2.37. The van der Waals surface area contributed by atoms with Crippen molar-refractivity contribution in [1.29, 1.82) is 0 Å². The first-order chi connectivity index (χ1) is 8.48. The summed E-state index contributed by atoms with van der Waals surface area (Å²) in [7, 11) is 0. The van der Waals surface area contributed by atoms with Gasteiger partial charge >= 0.3 is 5.97 Å². The Labute approximate surface area is 108 Å². The molecule has 0 heterocycles. The number of nitrogens with one attached hydrogen (secondary N) is 1. The zero-order valence-electron chi connectivity index (χ0n) is 11.3. The van der Waals surface area contributed by atoms with Crippen molar-refractivity contribution >= 4 is 17.3 Å². The number of carboxylic acid groups (broad SMARTS) is 1. The fourth-order valence-electron chi connectivity index (χ4n) is 2.15. The zero-order valence-corrected chi connectivity index (χ0v) is 11.3. The van der Waals surface area contributed by atoms with Crippen molar-refractivity contribution in [3.8, 4) is 0 Å². The maximum Gasteiger partial charge on any atom is 0.337 e. The Hall–Kier alpha value is -1.71. The van der Waals surface area contributed by atoms with Gasteiger partial charge < -0.3 is 16.2 Å². The molecule has 0 unspecified atom stereocenters. The van der Waals surface area contributed by atoms with Crippen molar-refractivity contribution in [3.05, 3.63) is 23.8 Å². The van der Waals surface area contributed by atoms with E-state index in [1.54, 1.807) is 12.1 Å². The predicted molar refractivity (Wildman–Crippen MR) is 75.0 cm³/mol. The van der Waals surface area contributed by atoms with E-state index in [1.165, 1.54) is 6.07 Å². The van der Waals surface area contributed by atoms with Crippen molar-refractivity contribution in [2.24, 2.45) is 0 Å². The predicted octanol–water partition coefficient (Wildman–Crippen LogP) is 3.35. The third-order valence-electron chi connectivity index (χ3n) is 3.70. The molecule has 0 bridgehead atoms. The largest absolute Gasteiger partial charge is 0.478 e. The molecule has 0 aliphatic carbocycles. The summed E-state index contributed by atoms with van der Waals surface area (Å²) in [4.78, 5) is 11.2. The summed E-state index contributed by atoms with van der Waals surface area (Å²) in [5.41, 5.74) is 6.92. The molecule has 100 valence electrons. The minimum Gasteiger partial charge on any atom is -0.478 e. The highest BCUT2D eigenvalue weighted by molar-refractivity contribution is 5.95. The molecule has 0 saturated carbocycles. The maximum atomic E-state index is 11.2. The second kappa shape index (κ2) is 5.76. The van der Waals surface area contributed by atoms with Crippen LogP contribution >= 0.6 is 0 Å². The minimum atomic E-state index is -0.956. The zero-order chi connectivity index (χ0) is 13.8. The molecule has 4 nitrogen and oxygen atoms in total. The molecule has 1 aromatic carbocycles. The van der Waals surface area contributed by atoms with Gasteiger partial charge in [-0.3, -0.25) is 0 Å². The van der Waals surface area contributed by atoms with Gasteiger partial charge in [0, 0.05) is 16.9 Å². The Morgan fingerprint density at radius 3 is 2.28 bits per heavy atom. The fourth-order valence-corrected chi connectivity index (χ4v) is 2.15. The molecule has 1 rings (SSSR count). The number of hydrogen-bond acceptors (Lipinski definition) is 3. The van der Waals surface area contributed by atoms with Gasteiger partial charge in [0.15, 0.2) is 0 Å². The number of rotatable bonds is 6. The maximum absolute atomic E-state index is 11.2. The van der Waals surface area contributed by atoms with Gasteiger partial charge in [-0.15, -0.1) is 0 Å². The van der Waals surface area contributed by atoms with Crippen molar-refractivity contribution in [2.75, 3.05) is 11.1 Å². The molecule has 4 N–H and O–H groups in total. The Balaban J connectivity index is 3.13. The summed E-state index contributed by atoms with van der Waals surface area (Å²) in [6.07, 6.45) is 2.84. The molecule has 0 amide bonds. The number of aromatic carboxylic acids is 1. The highest BCUT2D eigenvalue weighted by atomic mass is 16.4. The van der Waals surface area contributed by atoms with Crippen LogP contribution in [0.2, 0.25) is 0 Å². The molecular formula is C14H22N2O2. The van der Waals surface area contributed by atoms with Crippen LogP contribution in [0.5, 0.6) is 0 Å². The van der Waals surface area contributed by atoms with E-state index in [-0.39, 0.29) is 11.1 Å². The lowest BCUT2D eigenvalue weighted by Gasteiger charge is -2.33. The smallest absolute Gasteiger partial charge is 0.337 e. The molecule has 4 heteroatoms. The highest BCUT2D eigenvalue weighted by Gasteiger charge is 2.25.